The van der Waals surface area contributed by atoms with Gasteiger partial charge in [-0.2, -0.15) is 0 Å². The molecule has 3 N–H and O–H groups in total. The minimum atomic E-state index is -0.583. The third-order valence-corrected chi connectivity index (χ3v) is 4.41. The van der Waals surface area contributed by atoms with Gasteiger partial charge < -0.3 is 29.8 Å². The number of carbonyl (C=O) groups excluding carboxylic acids is 3. The molecule has 0 bridgehead atoms. The van der Waals surface area contributed by atoms with Gasteiger partial charge in [0.05, 0.1) is 20.5 Å². The molecule has 1 aromatic heterocycles. The van der Waals surface area contributed by atoms with E-state index in [9.17, 15) is 14.4 Å². The van der Waals surface area contributed by atoms with Crippen LogP contribution in [0.25, 0.3) is 6.08 Å². The molecule has 0 saturated heterocycles. The molecule has 0 saturated carbocycles. The van der Waals surface area contributed by atoms with Crippen LogP contribution in [0, 0.1) is 0 Å². The van der Waals surface area contributed by atoms with Crippen molar-refractivity contribution in [3.05, 3.63) is 77.9 Å². The van der Waals surface area contributed by atoms with Gasteiger partial charge in [-0.1, -0.05) is 6.07 Å². The van der Waals surface area contributed by atoms with Crippen molar-refractivity contribution in [3.63, 3.8) is 0 Å². The molecule has 0 fully saturated rings. The molecule has 2 aromatic carbocycles. The Bertz CT molecular complexity index is 1180. The zero-order chi connectivity index (χ0) is 23.8. The number of rotatable bonds is 8. The van der Waals surface area contributed by atoms with Gasteiger partial charge in [0.1, 0.15) is 11.5 Å². The summed E-state index contributed by atoms with van der Waals surface area (Å²) in [4.78, 5) is 37.2. The van der Waals surface area contributed by atoms with E-state index in [0.717, 1.165) is 0 Å². The molecule has 170 valence electrons. The summed E-state index contributed by atoms with van der Waals surface area (Å²) in [6.07, 6.45) is 2.86. The standard InChI is InChI=1S/C24H23N3O6/c1-15(28)25-17-6-4-7-18(13-17)26-24(30)20(14-19-8-5-11-33-19)27-23(29)16-9-10-21(31-2)22(12-16)32-3/h4-14H,1-3H3,(H,25,28)(H,26,30)(H,27,29)/b20-14-. The first-order valence-corrected chi connectivity index (χ1v) is 9.87. The van der Waals surface area contributed by atoms with Crippen LogP contribution >= 0.6 is 0 Å². The molecule has 0 aliphatic rings. The van der Waals surface area contributed by atoms with E-state index in [2.05, 4.69) is 16.0 Å². The summed E-state index contributed by atoms with van der Waals surface area (Å²) in [6, 6.07) is 14.6. The van der Waals surface area contributed by atoms with Crippen LogP contribution in [0.2, 0.25) is 0 Å². The van der Waals surface area contributed by atoms with Gasteiger partial charge in [0.2, 0.25) is 5.91 Å². The Morgan fingerprint density at radius 2 is 1.61 bits per heavy atom. The van der Waals surface area contributed by atoms with Gasteiger partial charge in [-0.15, -0.1) is 0 Å². The Labute approximate surface area is 190 Å². The van der Waals surface area contributed by atoms with Crippen molar-refractivity contribution in [2.24, 2.45) is 0 Å². The van der Waals surface area contributed by atoms with E-state index in [0.29, 0.717) is 28.6 Å². The van der Waals surface area contributed by atoms with Gasteiger partial charge in [0.15, 0.2) is 11.5 Å². The lowest BCUT2D eigenvalue weighted by molar-refractivity contribution is -0.114. The van der Waals surface area contributed by atoms with Crippen molar-refractivity contribution >= 4 is 35.2 Å². The normalized spacial score (nSPS) is 10.8. The smallest absolute Gasteiger partial charge is 0.272 e. The Balaban J connectivity index is 1.84. The van der Waals surface area contributed by atoms with Crippen LogP contribution in [0.5, 0.6) is 11.5 Å². The summed E-state index contributed by atoms with van der Waals surface area (Å²) in [5.74, 6) is -0.131. The summed E-state index contributed by atoms with van der Waals surface area (Å²) in [7, 11) is 2.96. The predicted octanol–water partition coefficient (Wildman–Crippen LogP) is 3.66. The number of furan rings is 1. The number of amides is 3. The first-order valence-electron chi connectivity index (χ1n) is 9.87. The molecule has 0 spiro atoms. The average Bonchev–Trinajstić information content (AvgIpc) is 3.31. The number of hydrogen-bond acceptors (Lipinski definition) is 6. The fourth-order valence-electron chi connectivity index (χ4n) is 2.92. The fraction of sp³-hybridized carbons (Fsp3) is 0.125. The molecule has 9 heteroatoms. The van der Waals surface area contributed by atoms with E-state index in [1.165, 1.54) is 39.5 Å². The fourth-order valence-corrected chi connectivity index (χ4v) is 2.92. The molecule has 0 radical (unpaired) electrons. The number of hydrogen-bond donors (Lipinski definition) is 3. The van der Waals surface area contributed by atoms with Crippen LogP contribution < -0.4 is 25.4 Å². The minimum absolute atomic E-state index is 0.0466. The molecule has 0 aliphatic carbocycles. The highest BCUT2D eigenvalue weighted by Crippen LogP contribution is 2.27. The molecule has 3 amide bonds. The molecule has 0 unspecified atom stereocenters. The van der Waals surface area contributed by atoms with Gasteiger partial charge in [0, 0.05) is 29.9 Å². The van der Waals surface area contributed by atoms with Gasteiger partial charge >= 0.3 is 0 Å². The summed E-state index contributed by atoms with van der Waals surface area (Å²) >= 11 is 0. The third-order valence-electron chi connectivity index (χ3n) is 4.41. The molecule has 33 heavy (non-hydrogen) atoms. The van der Waals surface area contributed by atoms with Crippen molar-refractivity contribution in [3.8, 4) is 11.5 Å². The highest BCUT2D eigenvalue weighted by Gasteiger charge is 2.17. The van der Waals surface area contributed by atoms with Gasteiger partial charge in [0.25, 0.3) is 11.8 Å². The van der Waals surface area contributed by atoms with E-state index in [-0.39, 0.29) is 17.2 Å². The Kier molecular flexibility index (Phi) is 7.48. The number of anilines is 2. The summed E-state index contributed by atoms with van der Waals surface area (Å²) < 4.78 is 15.7. The Morgan fingerprint density at radius 1 is 0.879 bits per heavy atom. The second-order valence-electron chi connectivity index (χ2n) is 6.81. The molecule has 1 heterocycles. The maximum Gasteiger partial charge on any atom is 0.272 e. The Morgan fingerprint density at radius 3 is 2.24 bits per heavy atom. The van der Waals surface area contributed by atoms with Crippen molar-refractivity contribution in [1.82, 2.24) is 5.32 Å². The lowest BCUT2D eigenvalue weighted by Crippen LogP contribution is -2.30. The van der Waals surface area contributed by atoms with Crippen LogP contribution in [0.3, 0.4) is 0 Å². The first-order chi connectivity index (χ1) is 15.9. The van der Waals surface area contributed by atoms with Crippen molar-refractivity contribution in [1.29, 1.82) is 0 Å². The molecule has 0 aliphatic heterocycles. The van der Waals surface area contributed by atoms with E-state index < -0.39 is 11.8 Å². The number of carbonyl (C=O) groups is 3. The second kappa shape index (κ2) is 10.7. The summed E-state index contributed by atoms with van der Waals surface area (Å²) in [6.45, 7) is 1.39. The quantitative estimate of drug-likeness (QED) is 0.452. The zero-order valence-electron chi connectivity index (χ0n) is 18.3. The lowest BCUT2D eigenvalue weighted by Gasteiger charge is -2.13. The zero-order valence-corrected chi connectivity index (χ0v) is 18.3. The third kappa shape index (κ3) is 6.23. The van der Waals surface area contributed by atoms with Crippen LogP contribution in [0.1, 0.15) is 23.0 Å². The molecular formula is C24H23N3O6. The summed E-state index contributed by atoms with van der Waals surface area (Å²) in [5.41, 5.74) is 1.16. The largest absolute Gasteiger partial charge is 0.493 e. The molecular weight excluding hydrogens is 426 g/mol. The topological polar surface area (TPSA) is 119 Å². The van der Waals surface area contributed by atoms with Crippen LogP contribution in [-0.2, 0) is 9.59 Å². The maximum absolute atomic E-state index is 13.0. The van der Waals surface area contributed by atoms with Gasteiger partial charge in [-0.3, -0.25) is 14.4 Å². The Hall–Kier alpha value is -4.53. The number of ether oxygens (including phenoxy) is 2. The van der Waals surface area contributed by atoms with Crippen molar-refractivity contribution in [2.45, 2.75) is 6.92 Å². The van der Waals surface area contributed by atoms with Crippen LogP contribution in [0.4, 0.5) is 11.4 Å². The number of nitrogens with one attached hydrogen (secondary N) is 3. The van der Waals surface area contributed by atoms with Crippen LogP contribution in [-0.4, -0.2) is 31.9 Å². The maximum atomic E-state index is 13.0. The predicted molar refractivity (Wildman–Crippen MR) is 123 cm³/mol. The highest BCUT2D eigenvalue weighted by molar-refractivity contribution is 6.10. The average molecular weight is 449 g/mol. The van der Waals surface area contributed by atoms with Crippen LogP contribution in [0.15, 0.2) is 71.0 Å². The number of benzene rings is 2. The lowest BCUT2D eigenvalue weighted by atomic mass is 10.1. The van der Waals surface area contributed by atoms with E-state index >= 15 is 0 Å². The first kappa shape index (κ1) is 23.1. The van der Waals surface area contributed by atoms with E-state index in [4.69, 9.17) is 13.9 Å². The monoisotopic (exact) mass is 449 g/mol. The van der Waals surface area contributed by atoms with Gasteiger partial charge in [-0.05, 0) is 48.5 Å². The SMILES string of the molecule is COc1ccc(C(=O)N/C(=C\c2ccco2)C(=O)Nc2cccc(NC(C)=O)c2)cc1OC. The highest BCUT2D eigenvalue weighted by atomic mass is 16.5. The van der Waals surface area contributed by atoms with Gasteiger partial charge in [-0.25, -0.2) is 0 Å². The van der Waals surface area contributed by atoms with E-state index in [1.54, 1.807) is 48.5 Å². The van der Waals surface area contributed by atoms with Crippen molar-refractivity contribution in [2.75, 3.05) is 24.9 Å². The molecule has 3 aromatic rings. The minimum Gasteiger partial charge on any atom is -0.493 e. The number of methoxy groups -OCH3 is 2. The second-order valence-corrected chi connectivity index (χ2v) is 6.81. The molecule has 3 rings (SSSR count). The summed E-state index contributed by atoms with van der Waals surface area (Å²) in [5, 5.41) is 7.96. The van der Waals surface area contributed by atoms with Crippen molar-refractivity contribution < 1.29 is 28.3 Å². The molecule has 9 nitrogen and oxygen atoms in total. The molecule has 0 atom stereocenters. The van der Waals surface area contributed by atoms with E-state index in [1.807, 2.05) is 0 Å².